The molecule has 0 saturated carbocycles. The monoisotopic (exact) mass is 140 g/mol. The van der Waals surface area contributed by atoms with E-state index < -0.39 is 5.97 Å². The molecule has 2 heterocycles. The molecule has 2 rings (SSSR count). The van der Waals surface area contributed by atoms with Crippen molar-refractivity contribution in [1.82, 2.24) is 0 Å². The molecule has 3 nitrogen and oxygen atoms in total. The van der Waals surface area contributed by atoms with Gasteiger partial charge in [-0.05, 0) is 6.42 Å². The van der Waals surface area contributed by atoms with Crippen LogP contribution in [0.5, 0.6) is 0 Å². The molecule has 0 spiro atoms. The minimum absolute atomic E-state index is 0.0751. The van der Waals surface area contributed by atoms with Crippen molar-refractivity contribution < 1.29 is 14.6 Å². The summed E-state index contributed by atoms with van der Waals surface area (Å²) in [6, 6.07) is 0. The number of hydrogen-bond acceptors (Lipinski definition) is 2. The third-order valence-electron chi connectivity index (χ3n) is 2.05. The quantitative estimate of drug-likeness (QED) is 0.537. The van der Waals surface area contributed by atoms with E-state index >= 15 is 0 Å². The number of carboxylic acids is 1. The van der Waals surface area contributed by atoms with E-state index in [2.05, 4.69) is 0 Å². The van der Waals surface area contributed by atoms with Crippen molar-refractivity contribution in [2.45, 2.75) is 18.6 Å². The van der Waals surface area contributed by atoms with Gasteiger partial charge in [-0.15, -0.1) is 0 Å². The molecule has 54 valence electrons. The fourth-order valence-corrected chi connectivity index (χ4v) is 1.51. The lowest BCUT2D eigenvalue weighted by atomic mass is 9.95. The van der Waals surface area contributed by atoms with Crippen LogP contribution in [0.1, 0.15) is 6.42 Å². The molecule has 2 bridgehead atoms. The molecule has 0 aromatic carbocycles. The molecule has 0 amide bonds. The first-order chi connectivity index (χ1) is 4.77. The van der Waals surface area contributed by atoms with E-state index in [-0.39, 0.29) is 18.1 Å². The van der Waals surface area contributed by atoms with E-state index in [0.29, 0.717) is 6.42 Å². The second kappa shape index (κ2) is 1.83. The Balaban J connectivity index is 2.16. The minimum Gasteiger partial charge on any atom is -0.481 e. The zero-order valence-corrected chi connectivity index (χ0v) is 5.36. The third-order valence-corrected chi connectivity index (χ3v) is 2.05. The van der Waals surface area contributed by atoms with Crippen molar-refractivity contribution >= 4 is 5.97 Å². The van der Waals surface area contributed by atoms with Crippen LogP contribution in [0.3, 0.4) is 0 Å². The van der Waals surface area contributed by atoms with Gasteiger partial charge in [-0.1, -0.05) is 12.2 Å². The molecule has 1 fully saturated rings. The summed E-state index contributed by atoms with van der Waals surface area (Å²) in [4.78, 5) is 10.5. The van der Waals surface area contributed by atoms with E-state index in [1.807, 2.05) is 12.2 Å². The number of aliphatic carboxylic acids is 1. The smallest absolute Gasteiger partial charge is 0.309 e. The van der Waals surface area contributed by atoms with Crippen LogP contribution < -0.4 is 0 Å². The SMILES string of the molecule is O=C(O)C1C[C@H]2C=CC1O2. The first-order valence-corrected chi connectivity index (χ1v) is 3.34. The number of carboxylic acid groups (broad SMARTS) is 1. The highest BCUT2D eigenvalue weighted by molar-refractivity contribution is 5.72. The third kappa shape index (κ3) is 0.671. The Morgan fingerprint density at radius 3 is 2.70 bits per heavy atom. The van der Waals surface area contributed by atoms with Crippen molar-refractivity contribution in [3.8, 4) is 0 Å². The van der Waals surface area contributed by atoms with Crippen LogP contribution in [0.2, 0.25) is 0 Å². The molecular weight excluding hydrogens is 132 g/mol. The van der Waals surface area contributed by atoms with Gasteiger partial charge in [-0.3, -0.25) is 4.79 Å². The molecule has 3 atom stereocenters. The van der Waals surface area contributed by atoms with Gasteiger partial charge < -0.3 is 9.84 Å². The average Bonchev–Trinajstić information content (AvgIpc) is 2.44. The van der Waals surface area contributed by atoms with Gasteiger partial charge in [0.25, 0.3) is 0 Å². The molecule has 0 aromatic rings. The normalized spacial score (nSPS) is 42.6. The highest BCUT2D eigenvalue weighted by Gasteiger charge is 2.40. The van der Waals surface area contributed by atoms with E-state index in [0.717, 1.165) is 0 Å². The van der Waals surface area contributed by atoms with Crippen LogP contribution >= 0.6 is 0 Å². The highest BCUT2D eigenvalue weighted by Crippen LogP contribution is 2.33. The maximum Gasteiger partial charge on any atom is 0.309 e. The van der Waals surface area contributed by atoms with Crippen LogP contribution in [-0.2, 0) is 9.53 Å². The van der Waals surface area contributed by atoms with Crippen LogP contribution in [-0.4, -0.2) is 23.3 Å². The van der Waals surface area contributed by atoms with Gasteiger partial charge in [-0.2, -0.15) is 0 Å². The van der Waals surface area contributed by atoms with E-state index in [1.165, 1.54) is 0 Å². The Kier molecular flexibility index (Phi) is 1.08. The summed E-state index contributed by atoms with van der Waals surface area (Å²) in [5.41, 5.74) is 0. The summed E-state index contributed by atoms with van der Waals surface area (Å²) in [5.74, 6) is -1.04. The summed E-state index contributed by atoms with van der Waals surface area (Å²) >= 11 is 0. The van der Waals surface area contributed by atoms with E-state index in [9.17, 15) is 4.79 Å². The summed E-state index contributed by atoms with van der Waals surface area (Å²) < 4.78 is 5.25. The van der Waals surface area contributed by atoms with Gasteiger partial charge in [-0.25, -0.2) is 0 Å². The molecule has 0 aromatic heterocycles. The first-order valence-electron chi connectivity index (χ1n) is 3.34. The summed E-state index contributed by atoms with van der Waals surface area (Å²) in [7, 11) is 0. The highest BCUT2D eigenvalue weighted by atomic mass is 16.5. The number of ether oxygens (including phenoxy) is 1. The molecule has 1 N–H and O–H groups in total. The molecule has 2 unspecified atom stereocenters. The maximum atomic E-state index is 10.5. The van der Waals surface area contributed by atoms with E-state index in [1.54, 1.807) is 0 Å². The maximum absolute atomic E-state index is 10.5. The van der Waals surface area contributed by atoms with Crippen molar-refractivity contribution in [2.24, 2.45) is 5.92 Å². The summed E-state index contributed by atoms with van der Waals surface area (Å²) in [6.45, 7) is 0. The predicted molar refractivity (Wildman–Crippen MR) is 33.5 cm³/mol. The van der Waals surface area contributed by atoms with Crippen molar-refractivity contribution in [3.05, 3.63) is 12.2 Å². The Morgan fingerprint density at radius 2 is 2.40 bits per heavy atom. The molecule has 0 aliphatic carbocycles. The van der Waals surface area contributed by atoms with Crippen molar-refractivity contribution in [2.75, 3.05) is 0 Å². The van der Waals surface area contributed by atoms with Crippen molar-refractivity contribution in [3.63, 3.8) is 0 Å². The lowest BCUT2D eigenvalue weighted by Crippen LogP contribution is -2.22. The topological polar surface area (TPSA) is 46.5 Å². The zero-order chi connectivity index (χ0) is 7.14. The average molecular weight is 140 g/mol. The Bertz CT molecular complexity index is 197. The van der Waals surface area contributed by atoms with Gasteiger partial charge in [0.15, 0.2) is 0 Å². The second-order valence-corrected chi connectivity index (χ2v) is 2.70. The minimum atomic E-state index is -0.739. The van der Waals surface area contributed by atoms with Crippen LogP contribution in [0.25, 0.3) is 0 Å². The lowest BCUT2D eigenvalue weighted by molar-refractivity contribution is -0.142. The van der Waals surface area contributed by atoms with Gasteiger partial charge >= 0.3 is 5.97 Å². The summed E-state index contributed by atoms with van der Waals surface area (Å²) in [5, 5.41) is 8.62. The van der Waals surface area contributed by atoms with Gasteiger partial charge in [0, 0.05) is 0 Å². The van der Waals surface area contributed by atoms with Crippen molar-refractivity contribution in [1.29, 1.82) is 0 Å². The largest absolute Gasteiger partial charge is 0.481 e. The molecule has 1 saturated heterocycles. The van der Waals surface area contributed by atoms with Gasteiger partial charge in [0.2, 0.25) is 0 Å². The Hall–Kier alpha value is -0.830. The number of fused-ring (bicyclic) bond motifs is 2. The summed E-state index contributed by atoms with van der Waals surface area (Å²) in [6.07, 6.45) is 4.35. The Labute approximate surface area is 58.3 Å². The lowest BCUT2D eigenvalue weighted by Gasteiger charge is -2.08. The molecule has 10 heavy (non-hydrogen) atoms. The van der Waals surface area contributed by atoms with Crippen LogP contribution in [0, 0.1) is 5.92 Å². The molecule has 0 radical (unpaired) electrons. The molecule has 3 heteroatoms. The molecular formula is C7H8O3. The fraction of sp³-hybridized carbons (Fsp3) is 0.571. The van der Waals surface area contributed by atoms with Crippen LogP contribution in [0.4, 0.5) is 0 Å². The fourth-order valence-electron chi connectivity index (χ4n) is 1.51. The standard InChI is InChI=1S/C7H8O3/c8-7(9)5-3-4-1-2-6(5)10-4/h1-2,4-6H,3H2,(H,8,9)/t4-,5?,6?/m1/s1. The number of hydrogen-bond donors (Lipinski definition) is 1. The number of carbonyl (C=O) groups is 1. The van der Waals surface area contributed by atoms with Crippen LogP contribution in [0.15, 0.2) is 12.2 Å². The predicted octanol–water partition coefficient (Wildman–Crippen LogP) is 0.415. The molecule has 2 aliphatic heterocycles. The Morgan fingerprint density at radius 1 is 1.60 bits per heavy atom. The molecule has 2 aliphatic rings. The van der Waals surface area contributed by atoms with E-state index in [4.69, 9.17) is 9.84 Å². The van der Waals surface area contributed by atoms with Gasteiger partial charge in [0.1, 0.15) is 0 Å². The number of rotatable bonds is 1. The zero-order valence-electron chi connectivity index (χ0n) is 5.36. The van der Waals surface area contributed by atoms with Gasteiger partial charge in [0.05, 0.1) is 18.1 Å². The first kappa shape index (κ1) is 5.92. The second-order valence-electron chi connectivity index (χ2n) is 2.70.